The molecule has 7 N–H and O–H groups in total. The summed E-state index contributed by atoms with van der Waals surface area (Å²) in [5.41, 5.74) is 11.5. The highest BCUT2D eigenvalue weighted by molar-refractivity contribution is 6.04. The maximum absolute atomic E-state index is 13.1. The molecule has 3 rings (SSSR count). The average molecular weight is 568 g/mol. The number of primary amides is 1. The molecule has 0 saturated carbocycles. The molecule has 0 bridgehead atoms. The van der Waals surface area contributed by atoms with Crippen LogP contribution < -0.4 is 22.1 Å². The van der Waals surface area contributed by atoms with Crippen molar-refractivity contribution in [3.8, 4) is 5.75 Å². The lowest BCUT2D eigenvalue weighted by molar-refractivity contribution is -0.189. The summed E-state index contributed by atoms with van der Waals surface area (Å²) >= 11 is 0. The number of rotatable bonds is 13. The van der Waals surface area contributed by atoms with E-state index in [0.717, 1.165) is 5.56 Å². The molecule has 3 atom stereocenters. The van der Waals surface area contributed by atoms with Gasteiger partial charge in [-0.1, -0.05) is 42.5 Å². The topological polar surface area (TPSA) is 193 Å². The van der Waals surface area contributed by atoms with Crippen molar-refractivity contribution in [2.75, 3.05) is 27.7 Å². The molecule has 1 heterocycles. The molecule has 13 heteroatoms. The minimum atomic E-state index is -1.61. The van der Waals surface area contributed by atoms with Gasteiger partial charge >= 0.3 is 6.09 Å². The fourth-order valence-corrected chi connectivity index (χ4v) is 4.52. The van der Waals surface area contributed by atoms with Crippen LogP contribution in [-0.4, -0.2) is 90.2 Å². The van der Waals surface area contributed by atoms with E-state index in [1.807, 2.05) is 30.3 Å². The van der Waals surface area contributed by atoms with Crippen LogP contribution in [0, 0.1) is 0 Å². The van der Waals surface area contributed by atoms with Gasteiger partial charge in [-0.2, -0.15) is 0 Å². The van der Waals surface area contributed by atoms with Crippen molar-refractivity contribution in [3.63, 3.8) is 0 Å². The SMILES string of the molecule is CN[C@@H](CCCN=C(N)NC(=O)[C@@]1(Cc2ccc(O)cc2)OC(=O)N1C)C(=O)N(C)[C@@H](Cc1ccccc1)C(N)=O. The van der Waals surface area contributed by atoms with Gasteiger partial charge in [0.2, 0.25) is 11.8 Å². The van der Waals surface area contributed by atoms with Crippen LogP contribution in [0.25, 0.3) is 0 Å². The Labute approximate surface area is 238 Å². The highest BCUT2D eigenvalue weighted by Gasteiger charge is 2.57. The van der Waals surface area contributed by atoms with Gasteiger partial charge in [0.25, 0.3) is 11.6 Å². The Morgan fingerprint density at radius 2 is 1.76 bits per heavy atom. The van der Waals surface area contributed by atoms with Gasteiger partial charge in [0.15, 0.2) is 5.96 Å². The van der Waals surface area contributed by atoms with Gasteiger partial charge in [0.1, 0.15) is 11.8 Å². The Morgan fingerprint density at radius 3 is 2.32 bits per heavy atom. The second kappa shape index (κ2) is 13.6. The lowest BCUT2D eigenvalue weighted by Crippen LogP contribution is -2.72. The van der Waals surface area contributed by atoms with Crippen molar-refractivity contribution in [1.82, 2.24) is 20.4 Å². The molecule has 0 radical (unpaired) electrons. The quantitative estimate of drug-likeness (QED) is 0.127. The van der Waals surface area contributed by atoms with Gasteiger partial charge < -0.3 is 31.5 Å². The molecule has 0 aliphatic carbocycles. The highest BCUT2D eigenvalue weighted by Crippen LogP contribution is 2.32. The Kier molecular flexibility index (Phi) is 10.3. The van der Waals surface area contributed by atoms with E-state index in [9.17, 15) is 24.3 Å². The predicted octanol–water partition coefficient (Wildman–Crippen LogP) is 0.0671. The summed E-state index contributed by atoms with van der Waals surface area (Å²) in [5.74, 6) is -1.66. The number of cyclic esters (lactones) is 1. The van der Waals surface area contributed by atoms with Gasteiger partial charge in [-0.05, 0) is 43.1 Å². The van der Waals surface area contributed by atoms with Crippen molar-refractivity contribution in [3.05, 3.63) is 65.7 Å². The van der Waals surface area contributed by atoms with Crippen LogP contribution in [-0.2, 0) is 32.0 Å². The number of aromatic hydroxyl groups is 1. The van der Waals surface area contributed by atoms with E-state index in [1.54, 1.807) is 26.2 Å². The first-order chi connectivity index (χ1) is 19.5. The molecule has 0 aromatic heterocycles. The average Bonchev–Trinajstić information content (AvgIpc) is 2.96. The number of aliphatic imine (C=N–C) groups is 1. The van der Waals surface area contributed by atoms with Gasteiger partial charge in [-0.15, -0.1) is 0 Å². The van der Waals surface area contributed by atoms with Crippen LogP contribution in [0.3, 0.4) is 0 Å². The fourth-order valence-electron chi connectivity index (χ4n) is 4.52. The number of phenolic OH excluding ortho intramolecular Hbond substituents is 1. The molecule has 41 heavy (non-hydrogen) atoms. The Balaban J connectivity index is 1.55. The number of nitrogens with one attached hydrogen (secondary N) is 2. The van der Waals surface area contributed by atoms with Crippen LogP contribution in [0.1, 0.15) is 24.0 Å². The summed E-state index contributed by atoms with van der Waals surface area (Å²) in [6, 6.07) is 14.1. The second-order valence-corrected chi connectivity index (χ2v) is 9.82. The zero-order chi connectivity index (χ0) is 30.2. The van der Waals surface area contributed by atoms with E-state index in [4.69, 9.17) is 16.2 Å². The number of phenols is 1. The highest BCUT2D eigenvalue weighted by atomic mass is 16.6. The third-order valence-electron chi connectivity index (χ3n) is 7.04. The lowest BCUT2D eigenvalue weighted by Gasteiger charge is -2.47. The van der Waals surface area contributed by atoms with E-state index in [1.165, 1.54) is 29.0 Å². The molecule has 220 valence electrons. The number of benzene rings is 2. The summed E-state index contributed by atoms with van der Waals surface area (Å²) in [4.78, 5) is 56.8. The molecular formula is C28H37N7O6. The normalized spacial score (nSPS) is 18.1. The predicted molar refractivity (Wildman–Crippen MR) is 151 cm³/mol. The van der Waals surface area contributed by atoms with Gasteiger partial charge in [-0.3, -0.25) is 29.6 Å². The maximum atomic E-state index is 13.1. The summed E-state index contributed by atoms with van der Waals surface area (Å²) in [5, 5.41) is 15.0. The van der Waals surface area contributed by atoms with Crippen LogP contribution >= 0.6 is 0 Å². The third kappa shape index (κ3) is 7.51. The minimum Gasteiger partial charge on any atom is -0.508 e. The number of hydrogen-bond donors (Lipinski definition) is 5. The molecule has 2 aromatic rings. The summed E-state index contributed by atoms with van der Waals surface area (Å²) in [6.07, 6.45) is 0.491. The number of likely N-dealkylation sites (N-methyl/N-ethyl adjacent to an activating group) is 3. The molecule has 0 spiro atoms. The first kappa shape index (κ1) is 30.9. The summed E-state index contributed by atoms with van der Waals surface area (Å²) in [6.45, 7) is 0.200. The van der Waals surface area contributed by atoms with Crippen molar-refractivity contribution in [2.45, 2.75) is 43.5 Å². The monoisotopic (exact) mass is 567 g/mol. The smallest absolute Gasteiger partial charge is 0.415 e. The lowest BCUT2D eigenvalue weighted by atomic mass is 9.98. The van der Waals surface area contributed by atoms with Crippen LogP contribution in [0.5, 0.6) is 5.75 Å². The number of guanidine groups is 1. The van der Waals surface area contributed by atoms with E-state index in [2.05, 4.69) is 15.6 Å². The fraction of sp³-hybridized carbons (Fsp3) is 0.393. The van der Waals surface area contributed by atoms with E-state index >= 15 is 0 Å². The summed E-state index contributed by atoms with van der Waals surface area (Å²) < 4.78 is 5.25. The standard InChI is InChI=1S/C28H37N7O6/c1-31-21(24(38)34(2)22(23(29)37)16-18-8-5-4-6-9-18)10-7-15-32-26(30)33-25(39)28(35(3)27(40)41-28)17-19-11-13-20(36)14-12-19/h4-6,8-9,11-14,21-22,31,36H,7,10,15-17H2,1-3H3,(H2,29,37)(H3,30,32,33,39)/t21-,22-,28+/m0/s1. The third-order valence-corrected chi connectivity index (χ3v) is 7.04. The minimum absolute atomic E-state index is 0.0324. The number of ether oxygens (including phenoxy) is 1. The molecule has 4 amide bonds. The van der Waals surface area contributed by atoms with Gasteiger partial charge in [-0.25, -0.2) is 4.79 Å². The molecule has 0 unspecified atom stereocenters. The van der Waals surface area contributed by atoms with Gasteiger partial charge in [0, 0.05) is 33.5 Å². The van der Waals surface area contributed by atoms with Gasteiger partial charge in [0.05, 0.1) is 6.04 Å². The maximum Gasteiger partial charge on any atom is 0.415 e. The second-order valence-electron chi connectivity index (χ2n) is 9.82. The number of carbonyl (C=O) groups excluding carboxylic acids is 4. The van der Waals surface area contributed by atoms with Crippen LogP contribution in [0.2, 0.25) is 0 Å². The van der Waals surface area contributed by atoms with Crippen molar-refractivity contribution >= 4 is 29.8 Å². The van der Waals surface area contributed by atoms with Crippen molar-refractivity contribution < 1.29 is 29.0 Å². The number of carbonyl (C=O) groups is 4. The molecule has 1 aliphatic heterocycles. The largest absolute Gasteiger partial charge is 0.508 e. The number of amides is 4. The van der Waals surface area contributed by atoms with Crippen LogP contribution in [0.15, 0.2) is 59.6 Å². The Morgan fingerprint density at radius 1 is 1.10 bits per heavy atom. The van der Waals surface area contributed by atoms with E-state index in [-0.39, 0.29) is 30.6 Å². The zero-order valence-corrected chi connectivity index (χ0v) is 23.4. The van der Waals surface area contributed by atoms with Crippen LogP contribution in [0.4, 0.5) is 4.79 Å². The molecule has 1 aliphatic rings. The molecule has 2 aromatic carbocycles. The number of nitrogens with two attached hydrogens (primary N) is 2. The zero-order valence-electron chi connectivity index (χ0n) is 23.4. The first-order valence-electron chi connectivity index (χ1n) is 13.1. The molecule has 1 saturated heterocycles. The molecule has 1 fully saturated rings. The van der Waals surface area contributed by atoms with E-state index < -0.39 is 35.7 Å². The Hall–Kier alpha value is -4.65. The number of hydrogen-bond acceptors (Lipinski definition) is 8. The van der Waals surface area contributed by atoms with E-state index in [0.29, 0.717) is 24.8 Å². The molecular weight excluding hydrogens is 530 g/mol. The molecule has 13 nitrogen and oxygen atoms in total. The van der Waals surface area contributed by atoms with Crippen molar-refractivity contribution in [2.24, 2.45) is 16.5 Å². The van der Waals surface area contributed by atoms with Crippen molar-refractivity contribution in [1.29, 1.82) is 0 Å². The number of nitrogens with zero attached hydrogens (tertiary/aromatic N) is 3. The summed E-state index contributed by atoms with van der Waals surface area (Å²) in [7, 11) is 4.64. The Bertz CT molecular complexity index is 1270. The first-order valence-corrected chi connectivity index (χ1v) is 13.1.